The maximum atomic E-state index is 5.95. The Morgan fingerprint density at radius 1 is 1.33 bits per heavy atom. The van der Waals surface area contributed by atoms with Gasteiger partial charge in [0.25, 0.3) is 0 Å². The number of benzene rings is 1. The molecule has 0 spiro atoms. The highest BCUT2D eigenvalue weighted by Gasteiger charge is 2.11. The summed E-state index contributed by atoms with van der Waals surface area (Å²) in [4.78, 5) is 1.20. The minimum atomic E-state index is 0.186. The van der Waals surface area contributed by atoms with Gasteiger partial charge in [0, 0.05) is 9.35 Å². The predicted molar refractivity (Wildman–Crippen MR) is 82.1 cm³/mol. The normalized spacial score (nSPS) is 12.2. The topological polar surface area (TPSA) is 21.3 Å². The molecule has 1 aromatic carbocycles. The molecule has 0 bridgehead atoms. The molecule has 0 aliphatic carbocycles. The fourth-order valence-corrected chi connectivity index (χ4v) is 3.08. The van der Waals surface area contributed by atoms with Crippen molar-refractivity contribution in [2.75, 3.05) is 12.4 Å². The molecule has 0 amide bonds. The third-order valence-electron chi connectivity index (χ3n) is 2.55. The summed E-state index contributed by atoms with van der Waals surface area (Å²) < 4.78 is 7.16. The molecule has 1 heterocycles. The Bertz CT molecular complexity index is 544. The van der Waals surface area contributed by atoms with E-state index in [2.05, 4.69) is 28.2 Å². The molecule has 5 heteroatoms. The smallest absolute Gasteiger partial charge is 0.142 e. The molecule has 0 aliphatic heterocycles. The summed E-state index contributed by atoms with van der Waals surface area (Å²) in [5.74, 6) is 0.827. The van der Waals surface area contributed by atoms with Crippen LogP contribution in [0.15, 0.2) is 34.8 Å². The fraction of sp³-hybridized carbons (Fsp3) is 0.231. The molecule has 18 heavy (non-hydrogen) atoms. The van der Waals surface area contributed by atoms with E-state index in [0.29, 0.717) is 0 Å². The van der Waals surface area contributed by atoms with E-state index in [1.165, 1.54) is 4.88 Å². The van der Waals surface area contributed by atoms with Crippen molar-refractivity contribution in [2.24, 2.45) is 0 Å². The number of anilines is 1. The quantitative estimate of drug-likeness (QED) is 0.806. The number of thiophene rings is 1. The van der Waals surface area contributed by atoms with Gasteiger partial charge >= 0.3 is 0 Å². The highest BCUT2D eigenvalue weighted by Crippen LogP contribution is 2.33. The molecule has 1 atom stereocenters. The largest absolute Gasteiger partial charge is 0.495 e. The van der Waals surface area contributed by atoms with E-state index >= 15 is 0 Å². The van der Waals surface area contributed by atoms with Crippen LogP contribution in [0.2, 0.25) is 4.34 Å². The number of hydrogen-bond donors (Lipinski definition) is 1. The van der Waals surface area contributed by atoms with Gasteiger partial charge in [0.2, 0.25) is 0 Å². The zero-order valence-electron chi connectivity index (χ0n) is 10.0. The monoisotopic (exact) mass is 345 g/mol. The summed E-state index contributed by atoms with van der Waals surface area (Å²) in [7, 11) is 1.67. The van der Waals surface area contributed by atoms with E-state index in [-0.39, 0.29) is 6.04 Å². The van der Waals surface area contributed by atoms with Gasteiger partial charge in [-0.2, -0.15) is 0 Å². The molecule has 0 saturated carbocycles. The van der Waals surface area contributed by atoms with Crippen molar-refractivity contribution >= 4 is 44.6 Å². The van der Waals surface area contributed by atoms with Gasteiger partial charge in [0.05, 0.1) is 23.2 Å². The first-order chi connectivity index (χ1) is 8.60. The molecule has 0 fully saturated rings. The lowest BCUT2D eigenvalue weighted by molar-refractivity contribution is 0.416. The van der Waals surface area contributed by atoms with Crippen molar-refractivity contribution in [2.45, 2.75) is 13.0 Å². The van der Waals surface area contributed by atoms with Crippen LogP contribution in [0.4, 0.5) is 5.69 Å². The molecule has 2 aromatic rings. The average Bonchev–Trinajstić information content (AvgIpc) is 2.76. The first-order valence-corrected chi connectivity index (χ1v) is 7.44. The maximum absolute atomic E-state index is 5.95. The highest BCUT2D eigenvalue weighted by molar-refractivity contribution is 9.10. The van der Waals surface area contributed by atoms with Crippen molar-refractivity contribution in [3.63, 3.8) is 0 Å². The number of halogens is 2. The molecule has 2 nitrogen and oxygen atoms in total. The average molecular weight is 347 g/mol. The Morgan fingerprint density at radius 3 is 2.72 bits per heavy atom. The number of rotatable bonds is 4. The summed E-state index contributed by atoms with van der Waals surface area (Å²) in [6.45, 7) is 2.10. The minimum Gasteiger partial charge on any atom is -0.495 e. The summed E-state index contributed by atoms with van der Waals surface area (Å²) >= 11 is 11.0. The van der Waals surface area contributed by atoms with E-state index in [1.54, 1.807) is 18.4 Å². The molecule has 0 radical (unpaired) electrons. The van der Waals surface area contributed by atoms with E-state index in [1.807, 2.05) is 30.3 Å². The SMILES string of the molecule is COc1ccc(Br)cc1NC(C)c1ccc(Cl)s1. The second-order valence-electron chi connectivity index (χ2n) is 3.85. The fourth-order valence-electron chi connectivity index (χ4n) is 1.66. The van der Waals surface area contributed by atoms with Crippen molar-refractivity contribution in [1.29, 1.82) is 0 Å². The lowest BCUT2D eigenvalue weighted by Crippen LogP contribution is -2.06. The molecule has 1 N–H and O–H groups in total. The molecule has 1 aromatic heterocycles. The lowest BCUT2D eigenvalue weighted by Gasteiger charge is -2.16. The van der Waals surface area contributed by atoms with Crippen LogP contribution < -0.4 is 10.1 Å². The predicted octanol–water partition coefficient (Wildman–Crippen LogP) is 5.35. The van der Waals surface area contributed by atoms with Crippen LogP contribution in [0, 0.1) is 0 Å². The third-order valence-corrected chi connectivity index (χ3v) is 4.46. The lowest BCUT2D eigenvalue weighted by atomic mass is 10.2. The van der Waals surface area contributed by atoms with Crippen LogP contribution in [0.5, 0.6) is 5.75 Å². The van der Waals surface area contributed by atoms with E-state index in [9.17, 15) is 0 Å². The summed E-state index contributed by atoms with van der Waals surface area (Å²) in [5.41, 5.74) is 0.962. The van der Waals surface area contributed by atoms with Gasteiger partial charge in [-0.3, -0.25) is 0 Å². The molecular weight excluding hydrogens is 334 g/mol. The van der Waals surface area contributed by atoms with Crippen molar-refractivity contribution < 1.29 is 4.74 Å². The number of ether oxygens (including phenoxy) is 1. The Hall–Kier alpha value is -0.710. The maximum Gasteiger partial charge on any atom is 0.142 e. The standard InChI is InChI=1S/C13H13BrClNOS/c1-8(12-5-6-13(15)18-12)16-10-7-9(14)3-4-11(10)17-2/h3-8,16H,1-2H3. The van der Waals surface area contributed by atoms with Crippen LogP contribution in [-0.4, -0.2) is 7.11 Å². The second kappa shape index (κ2) is 5.95. The van der Waals surface area contributed by atoms with Crippen LogP contribution >= 0.6 is 38.9 Å². The highest BCUT2D eigenvalue weighted by atomic mass is 79.9. The van der Waals surface area contributed by atoms with Gasteiger partial charge in [-0.25, -0.2) is 0 Å². The Labute approximate surface area is 124 Å². The van der Waals surface area contributed by atoms with Crippen molar-refractivity contribution in [3.8, 4) is 5.75 Å². The Balaban J connectivity index is 2.20. The third kappa shape index (κ3) is 3.19. The van der Waals surface area contributed by atoms with Crippen molar-refractivity contribution in [1.82, 2.24) is 0 Å². The van der Waals surface area contributed by atoms with E-state index in [0.717, 1.165) is 20.2 Å². The van der Waals surface area contributed by atoms with Gasteiger partial charge in [0.15, 0.2) is 0 Å². The molecule has 96 valence electrons. The molecular formula is C13H13BrClNOS. The summed E-state index contributed by atoms with van der Waals surface area (Å²) in [6, 6.07) is 10.0. The molecule has 1 unspecified atom stereocenters. The molecule has 0 saturated heterocycles. The van der Waals surface area contributed by atoms with Gasteiger partial charge in [-0.15, -0.1) is 11.3 Å². The Morgan fingerprint density at radius 2 is 2.11 bits per heavy atom. The van der Waals surface area contributed by atoms with Crippen LogP contribution in [-0.2, 0) is 0 Å². The second-order valence-corrected chi connectivity index (χ2v) is 6.51. The van der Waals surface area contributed by atoms with Gasteiger partial charge in [-0.1, -0.05) is 27.5 Å². The number of hydrogen-bond acceptors (Lipinski definition) is 3. The minimum absolute atomic E-state index is 0.186. The van der Waals surface area contributed by atoms with Crippen molar-refractivity contribution in [3.05, 3.63) is 44.0 Å². The van der Waals surface area contributed by atoms with E-state index in [4.69, 9.17) is 16.3 Å². The number of nitrogens with one attached hydrogen (secondary N) is 1. The van der Waals surface area contributed by atoms with Gasteiger partial charge < -0.3 is 10.1 Å². The van der Waals surface area contributed by atoms with Crippen LogP contribution in [0.1, 0.15) is 17.8 Å². The van der Waals surface area contributed by atoms with E-state index < -0.39 is 0 Å². The first-order valence-electron chi connectivity index (χ1n) is 5.45. The summed E-state index contributed by atoms with van der Waals surface area (Å²) in [5, 5.41) is 3.43. The molecule has 0 aliphatic rings. The van der Waals surface area contributed by atoms with Crippen LogP contribution in [0.25, 0.3) is 0 Å². The summed E-state index contributed by atoms with van der Waals surface area (Å²) in [6.07, 6.45) is 0. The first kappa shape index (κ1) is 13.7. The van der Waals surface area contributed by atoms with Crippen LogP contribution in [0.3, 0.4) is 0 Å². The van der Waals surface area contributed by atoms with Gasteiger partial charge in [0.1, 0.15) is 5.75 Å². The zero-order valence-corrected chi connectivity index (χ0v) is 13.2. The van der Waals surface area contributed by atoms with Gasteiger partial charge in [-0.05, 0) is 37.3 Å². The Kier molecular flexibility index (Phi) is 4.54. The molecule has 2 rings (SSSR count). The number of methoxy groups -OCH3 is 1. The zero-order chi connectivity index (χ0) is 13.1.